The number of ether oxygens (including phenoxy) is 1. The van der Waals surface area contributed by atoms with Gasteiger partial charge in [-0.05, 0) is 61.4 Å². The van der Waals surface area contributed by atoms with Crippen LogP contribution in [0.4, 0.5) is 5.69 Å². The second kappa shape index (κ2) is 10.1. The second-order valence-corrected chi connectivity index (χ2v) is 8.31. The number of anilines is 1. The van der Waals surface area contributed by atoms with Crippen LogP contribution in [0, 0.1) is 13.8 Å². The largest absolute Gasteiger partial charge is 0.497 e. The lowest BCUT2D eigenvalue weighted by Gasteiger charge is -2.29. The SMILES string of the molecule is COc1ccc(C(=O)N(C)[C@@H](C(=O)Nc2c(C)cccc2C)c2ccc(Cl)cc2Cl)cc1. The van der Waals surface area contributed by atoms with Gasteiger partial charge in [-0.2, -0.15) is 0 Å². The number of aryl methyl sites for hydroxylation is 2. The Labute approximate surface area is 197 Å². The highest BCUT2D eigenvalue weighted by Gasteiger charge is 2.31. The number of nitrogens with zero attached hydrogens (tertiary/aromatic N) is 1. The Morgan fingerprint density at radius 3 is 2.16 bits per heavy atom. The van der Waals surface area contributed by atoms with Crippen LogP contribution in [0.5, 0.6) is 5.75 Å². The van der Waals surface area contributed by atoms with Gasteiger partial charge >= 0.3 is 0 Å². The summed E-state index contributed by atoms with van der Waals surface area (Å²) in [5, 5.41) is 3.72. The van der Waals surface area contributed by atoms with Crippen LogP contribution in [-0.4, -0.2) is 30.9 Å². The number of amides is 2. The zero-order valence-corrected chi connectivity index (χ0v) is 19.8. The highest BCUT2D eigenvalue weighted by molar-refractivity contribution is 6.35. The van der Waals surface area contributed by atoms with E-state index in [4.69, 9.17) is 27.9 Å². The second-order valence-electron chi connectivity index (χ2n) is 7.47. The molecule has 3 aromatic carbocycles. The number of nitrogens with one attached hydrogen (secondary N) is 1. The van der Waals surface area contributed by atoms with Crippen LogP contribution >= 0.6 is 23.2 Å². The molecule has 5 nitrogen and oxygen atoms in total. The Balaban J connectivity index is 2.01. The molecular formula is C25H24Cl2N2O3. The Morgan fingerprint density at radius 2 is 1.59 bits per heavy atom. The van der Waals surface area contributed by atoms with Crippen molar-refractivity contribution < 1.29 is 14.3 Å². The van der Waals surface area contributed by atoms with Crippen molar-refractivity contribution in [3.8, 4) is 5.75 Å². The first kappa shape index (κ1) is 23.6. The average molecular weight is 471 g/mol. The van der Waals surface area contributed by atoms with Gasteiger partial charge in [-0.15, -0.1) is 0 Å². The molecule has 3 rings (SSSR count). The van der Waals surface area contributed by atoms with E-state index >= 15 is 0 Å². The molecule has 0 aliphatic heterocycles. The van der Waals surface area contributed by atoms with Crippen molar-refractivity contribution in [1.29, 1.82) is 0 Å². The van der Waals surface area contributed by atoms with Crippen molar-refractivity contribution in [3.05, 3.63) is 93.0 Å². The molecule has 0 spiro atoms. The quantitative estimate of drug-likeness (QED) is 0.475. The Kier molecular flexibility index (Phi) is 7.44. The number of likely N-dealkylation sites (N-methyl/N-ethyl adjacent to an activating group) is 1. The molecule has 0 aromatic heterocycles. The maximum atomic E-state index is 13.5. The number of methoxy groups -OCH3 is 1. The van der Waals surface area contributed by atoms with Crippen molar-refractivity contribution in [2.75, 3.05) is 19.5 Å². The highest BCUT2D eigenvalue weighted by Crippen LogP contribution is 2.32. The number of benzene rings is 3. The fraction of sp³-hybridized carbons (Fsp3) is 0.200. The standard InChI is InChI=1S/C25H24Cl2N2O3/c1-15-6-5-7-16(2)22(15)28-24(30)23(20-13-10-18(26)14-21(20)27)29(3)25(31)17-8-11-19(32-4)12-9-17/h5-14,23H,1-4H3,(H,28,30)/t23-/m1/s1. The summed E-state index contributed by atoms with van der Waals surface area (Å²) >= 11 is 12.5. The van der Waals surface area contributed by atoms with Crippen LogP contribution in [0.2, 0.25) is 10.0 Å². The number of carbonyl (C=O) groups excluding carboxylic acids is 2. The molecule has 32 heavy (non-hydrogen) atoms. The Morgan fingerprint density at radius 1 is 0.969 bits per heavy atom. The van der Waals surface area contributed by atoms with E-state index in [0.717, 1.165) is 11.1 Å². The summed E-state index contributed by atoms with van der Waals surface area (Å²) in [6, 6.07) is 16.3. The van der Waals surface area contributed by atoms with Crippen molar-refractivity contribution in [1.82, 2.24) is 4.90 Å². The van der Waals surface area contributed by atoms with Gasteiger partial charge in [0.1, 0.15) is 11.8 Å². The average Bonchev–Trinajstić information content (AvgIpc) is 2.77. The minimum atomic E-state index is -0.978. The maximum Gasteiger partial charge on any atom is 0.254 e. The summed E-state index contributed by atoms with van der Waals surface area (Å²) in [6.07, 6.45) is 0. The van der Waals surface area contributed by atoms with E-state index in [1.807, 2.05) is 32.0 Å². The molecule has 166 valence electrons. The number of hydrogen-bond donors (Lipinski definition) is 1. The van der Waals surface area contributed by atoms with E-state index in [-0.39, 0.29) is 11.8 Å². The maximum absolute atomic E-state index is 13.5. The molecule has 0 saturated carbocycles. The van der Waals surface area contributed by atoms with E-state index in [2.05, 4.69) is 5.32 Å². The number of rotatable bonds is 6. The van der Waals surface area contributed by atoms with Gasteiger partial charge in [0.2, 0.25) is 0 Å². The Hall–Kier alpha value is -3.02. The zero-order valence-electron chi connectivity index (χ0n) is 18.3. The molecule has 1 atom stereocenters. The summed E-state index contributed by atoms with van der Waals surface area (Å²) < 4.78 is 5.16. The minimum Gasteiger partial charge on any atom is -0.497 e. The van der Waals surface area contributed by atoms with Crippen LogP contribution in [0.3, 0.4) is 0 Å². The molecule has 0 aliphatic rings. The van der Waals surface area contributed by atoms with Gasteiger partial charge in [0.25, 0.3) is 11.8 Å². The van der Waals surface area contributed by atoms with Crippen molar-refractivity contribution in [2.24, 2.45) is 0 Å². The zero-order chi connectivity index (χ0) is 23.4. The molecule has 1 N–H and O–H groups in total. The molecule has 0 heterocycles. The lowest BCUT2D eigenvalue weighted by molar-refractivity contribution is -0.120. The summed E-state index contributed by atoms with van der Waals surface area (Å²) in [5.41, 5.74) is 3.44. The number of hydrogen-bond acceptors (Lipinski definition) is 3. The molecule has 0 aliphatic carbocycles. The molecule has 0 fully saturated rings. The first-order chi connectivity index (χ1) is 15.2. The molecule has 0 saturated heterocycles. The molecule has 0 unspecified atom stereocenters. The summed E-state index contributed by atoms with van der Waals surface area (Å²) in [7, 11) is 3.13. The van der Waals surface area contributed by atoms with E-state index in [1.54, 1.807) is 56.6 Å². The number of para-hydroxylation sites is 1. The topological polar surface area (TPSA) is 58.6 Å². The van der Waals surface area contributed by atoms with E-state index in [1.165, 1.54) is 4.90 Å². The van der Waals surface area contributed by atoms with Gasteiger partial charge in [0, 0.05) is 33.9 Å². The number of halogens is 2. The van der Waals surface area contributed by atoms with E-state index in [0.29, 0.717) is 32.6 Å². The third-order valence-corrected chi connectivity index (χ3v) is 5.84. The van der Waals surface area contributed by atoms with Crippen molar-refractivity contribution >= 4 is 40.7 Å². The van der Waals surface area contributed by atoms with E-state index < -0.39 is 6.04 Å². The predicted molar refractivity (Wildman–Crippen MR) is 129 cm³/mol. The van der Waals surface area contributed by atoms with Crippen LogP contribution in [-0.2, 0) is 4.79 Å². The first-order valence-electron chi connectivity index (χ1n) is 9.96. The minimum absolute atomic E-state index is 0.300. The molecular weight excluding hydrogens is 447 g/mol. The lowest BCUT2D eigenvalue weighted by atomic mass is 10.0. The predicted octanol–water partition coefficient (Wildman–Crippen LogP) is 6.07. The summed E-state index contributed by atoms with van der Waals surface area (Å²) in [5.74, 6) is -0.0782. The van der Waals surface area contributed by atoms with Crippen LogP contribution in [0.15, 0.2) is 60.7 Å². The van der Waals surface area contributed by atoms with Gasteiger partial charge in [-0.3, -0.25) is 9.59 Å². The van der Waals surface area contributed by atoms with Gasteiger partial charge in [-0.25, -0.2) is 0 Å². The molecule has 0 bridgehead atoms. The number of carbonyl (C=O) groups is 2. The van der Waals surface area contributed by atoms with E-state index in [9.17, 15) is 9.59 Å². The summed E-state index contributed by atoms with van der Waals surface area (Å²) in [4.78, 5) is 28.2. The van der Waals surface area contributed by atoms with Crippen molar-refractivity contribution in [2.45, 2.75) is 19.9 Å². The van der Waals surface area contributed by atoms with Gasteiger partial charge in [0.15, 0.2) is 0 Å². The fourth-order valence-corrected chi connectivity index (χ4v) is 4.02. The molecule has 2 amide bonds. The normalized spacial score (nSPS) is 11.6. The monoisotopic (exact) mass is 470 g/mol. The highest BCUT2D eigenvalue weighted by atomic mass is 35.5. The third kappa shape index (κ3) is 5.06. The van der Waals surface area contributed by atoms with Gasteiger partial charge < -0.3 is 15.0 Å². The molecule has 0 radical (unpaired) electrons. The summed E-state index contributed by atoms with van der Waals surface area (Å²) in [6.45, 7) is 3.83. The van der Waals surface area contributed by atoms with Crippen molar-refractivity contribution in [3.63, 3.8) is 0 Å². The fourth-order valence-electron chi connectivity index (χ4n) is 3.51. The molecule has 7 heteroatoms. The van der Waals surface area contributed by atoms with Gasteiger partial charge in [-0.1, -0.05) is 47.5 Å². The van der Waals surface area contributed by atoms with Crippen LogP contribution in [0.25, 0.3) is 0 Å². The van der Waals surface area contributed by atoms with Gasteiger partial charge in [0.05, 0.1) is 7.11 Å². The lowest BCUT2D eigenvalue weighted by Crippen LogP contribution is -2.39. The van der Waals surface area contributed by atoms with Crippen LogP contribution in [0.1, 0.15) is 33.1 Å². The smallest absolute Gasteiger partial charge is 0.254 e. The molecule has 3 aromatic rings. The van der Waals surface area contributed by atoms with Crippen LogP contribution < -0.4 is 10.1 Å². The Bertz CT molecular complexity index is 1130. The first-order valence-corrected chi connectivity index (χ1v) is 10.7. The third-order valence-electron chi connectivity index (χ3n) is 5.28.